The number of aryl methyl sites for hydroxylation is 2. The van der Waals surface area contributed by atoms with Crippen LogP contribution in [-0.4, -0.2) is 27.4 Å². The molecule has 0 radical (unpaired) electrons. The van der Waals surface area contributed by atoms with E-state index in [1.54, 1.807) is 36.4 Å². The Morgan fingerprint density at radius 1 is 0.875 bits per heavy atom. The van der Waals surface area contributed by atoms with Crippen LogP contribution in [0.15, 0.2) is 77.7 Å². The number of carbonyl (C=O) groups is 1. The summed E-state index contributed by atoms with van der Waals surface area (Å²) in [5.41, 5.74) is 2.22. The van der Waals surface area contributed by atoms with Gasteiger partial charge in [-0.1, -0.05) is 29.8 Å². The third kappa shape index (κ3) is 6.13. The van der Waals surface area contributed by atoms with Crippen LogP contribution < -0.4 is 9.62 Å². The molecule has 3 rings (SSSR count). The van der Waals surface area contributed by atoms with Crippen molar-refractivity contribution in [2.75, 3.05) is 17.4 Å². The number of sulfonamides is 1. The average Bonchev–Trinajstić information content (AvgIpc) is 2.77. The first-order valence-corrected chi connectivity index (χ1v) is 11.6. The highest BCUT2D eigenvalue weighted by molar-refractivity contribution is 7.92. The van der Waals surface area contributed by atoms with Gasteiger partial charge in [0.2, 0.25) is 5.91 Å². The van der Waals surface area contributed by atoms with Crippen molar-refractivity contribution < 1.29 is 22.0 Å². The van der Waals surface area contributed by atoms with E-state index in [0.29, 0.717) is 25.1 Å². The number of nitrogens with one attached hydrogen (secondary N) is 1. The molecular formula is C24H24F2N2O3S. The van der Waals surface area contributed by atoms with Crippen LogP contribution in [0.1, 0.15) is 17.5 Å². The minimum Gasteiger partial charge on any atom is -0.355 e. The number of anilines is 1. The maximum atomic E-state index is 13.3. The van der Waals surface area contributed by atoms with Crippen LogP contribution in [0.5, 0.6) is 0 Å². The molecule has 0 aliphatic carbocycles. The Bertz CT molecular complexity index is 1150. The van der Waals surface area contributed by atoms with Gasteiger partial charge in [0.05, 0.1) is 10.6 Å². The van der Waals surface area contributed by atoms with Crippen molar-refractivity contribution in [2.24, 2.45) is 0 Å². The van der Waals surface area contributed by atoms with Crippen molar-refractivity contribution in [3.05, 3.63) is 95.6 Å². The summed E-state index contributed by atoms with van der Waals surface area (Å²) in [6.07, 6.45) is 1.27. The lowest BCUT2D eigenvalue weighted by Gasteiger charge is -2.24. The van der Waals surface area contributed by atoms with Gasteiger partial charge in [-0.15, -0.1) is 0 Å². The summed E-state index contributed by atoms with van der Waals surface area (Å²) in [5, 5.41) is 2.73. The largest absolute Gasteiger partial charge is 0.355 e. The molecule has 0 heterocycles. The molecule has 0 saturated carbocycles. The molecule has 0 fully saturated rings. The Labute approximate surface area is 186 Å². The third-order valence-electron chi connectivity index (χ3n) is 4.89. The molecule has 0 bridgehead atoms. The summed E-state index contributed by atoms with van der Waals surface area (Å²) in [4.78, 5) is 12.4. The second-order valence-corrected chi connectivity index (χ2v) is 9.24. The van der Waals surface area contributed by atoms with Gasteiger partial charge in [-0.2, -0.15) is 0 Å². The normalized spacial score (nSPS) is 11.2. The van der Waals surface area contributed by atoms with E-state index in [0.717, 1.165) is 27.6 Å². The monoisotopic (exact) mass is 458 g/mol. The van der Waals surface area contributed by atoms with Gasteiger partial charge in [0.25, 0.3) is 10.0 Å². The molecule has 0 aliphatic rings. The standard InChI is InChI=1S/C24H24F2N2O3S/c1-18-4-12-22(13-5-18)28(32(30,31)23-14-10-21(26)11-15-23)17-24(29)27-16-2-3-19-6-8-20(25)9-7-19/h4-15H,2-3,16-17H2,1H3,(H,27,29). The van der Waals surface area contributed by atoms with Gasteiger partial charge in [0.1, 0.15) is 18.2 Å². The summed E-state index contributed by atoms with van der Waals surface area (Å²) in [7, 11) is -4.09. The van der Waals surface area contributed by atoms with Crippen molar-refractivity contribution in [3.63, 3.8) is 0 Å². The summed E-state index contributed by atoms with van der Waals surface area (Å²) in [6, 6.07) is 17.4. The summed E-state index contributed by atoms with van der Waals surface area (Å²) in [5.74, 6) is -1.32. The third-order valence-corrected chi connectivity index (χ3v) is 6.68. The Balaban J connectivity index is 1.69. The first-order valence-electron chi connectivity index (χ1n) is 10.1. The van der Waals surface area contributed by atoms with E-state index in [2.05, 4.69) is 5.32 Å². The fourth-order valence-electron chi connectivity index (χ4n) is 3.12. The molecule has 8 heteroatoms. The van der Waals surface area contributed by atoms with E-state index in [4.69, 9.17) is 0 Å². The van der Waals surface area contributed by atoms with Crippen LogP contribution in [0, 0.1) is 18.6 Å². The smallest absolute Gasteiger partial charge is 0.264 e. The topological polar surface area (TPSA) is 66.5 Å². The Morgan fingerprint density at radius 2 is 1.44 bits per heavy atom. The summed E-state index contributed by atoms with van der Waals surface area (Å²) in [6.45, 7) is 1.80. The number of nitrogens with zero attached hydrogens (tertiary/aromatic N) is 1. The van der Waals surface area contributed by atoms with E-state index < -0.39 is 28.3 Å². The maximum Gasteiger partial charge on any atom is 0.264 e. The van der Waals surface area contributed by atoms with Gasteiger partial charge in [-0.25, -0.2) is 17.2 Å². The van der Waals surface area contributed by atoms with Crippen LogP contribution in [0.2, 0.25) is 0 Å². The van der Waals surface area contributed by atoms with Gasteiger partial charge in [-0.05, 0) is 73.9 Å². The van der Waals surface area contributed by atoms with Gasteiger partial charge in [-0.3, -0.25) is 9.10 Å². The number of halogens is 2. The number of rotatable bonds is 9. The van der Waals surface area contributed by atoms with Crippen molar-refractivity contribution >= 4 is 21.6 Å². The van der Waals surface area contributed by atoms with Crippen molar-refractivity contribution in [3.8, 4) is 0 Å². The highest BCUT2D eigenvalue weighted by Gasteiger charge is 2.27. The maximum absolute atomic E-state index is 13.3. The highest BCUT2D eigenvalue weighted by Crippen LogP contribution is 2.24. The molecule has 0 aliphatic heterocycles. The predicted molar refractivity (Wildman–Crippen MR) is 120 cm³/mol. The Morgan fingerprint density at radius 3 is 2.03 bits per heavy atom. The highest BCUT2D eigenvalue weighted by atomic mass is 32.2. The second-order valence-electron chi connectivity index (χ2n) is 7.38. The second kappa shape index (κ2) is 10.4. The number of benzene rings is 3. The lowest BCUT2D eigenvalue weighted by atomic mass is 10.1. The lowest BCUT2D eigenvalue weighted by molar-refractivity contribution is -0.119. The zero-order chi connectivity index (χ0) is 23.1. The number of amides is 1. The Kier molecular flexibility index (Phi) is 7.58. The predicted octanol–water partition coefficient (Wildman–Crippen LogP) is 4.22. The Hall–Kier alpha value is -3.26. The zero-order valence-electron chi connectivity index (χ0n) is 17.6. The van der Waals surface area contributed by atoms with Crippen LogP contribution >= 0.6 is 0 Å². The van der Waals surface area contributed by atoms with E-state index >= 15 is 0 Å². The number of hydrogen-bond donors (Lipinski definition) is 1. The quantitative estimate of drug-likeness (QED) is 0.489. The zero-order valence-corrected chi connectivity index (χ0v) is 18.4. The van der Waals surface area contributed by atoms with E-state index in [1.807, 2.05) is 6.92 Å². The van der Waals surface area contributed by atoms with Crippen molar-refractivity contribution in [1.82, 2.24) is 5.32 Å². The molecule has 5 nitrogen and oxygen atoms in total. The first kappa shape index (κ1) is 23.4. The van der Waals surface area contributed by atoms with Gasteiger partial charge < -0.3 is 5.32 Å². The van der Waals surface area contributed by atoms with Crippen LogP contribution in [0.4, 0.5) is 14.5 Å². The molecular weight excluding hydrogens is 434 g/mol. The van der Waals surface area contributed by atoms with Gasteiger partial charge >= 0.3 is 0 Å². The van der Waals surface area contributed by atoms with E-state index in [-0.39, 0.29) is 10.7 Å². The molecule has 32 heavy (non-hydrogen) atoms. The fourth-order valence-corrected chi connectivity index (χ4v) is 4.54. The molecule has 0 saturated heterocycles. The molecule has 1 N–H and O–H groups in total. The molecule has 0 unspecified atom stereocenters. The minimum absolute atomic E-state index is 0.108. The molecule has 0 spiro atoms. The van der Waals surface area contributed by atoms with Crippen molar-refractivity contribution in [1.29, 1.82) is 0 Å². The molecule has 0 atom stereocenters. The van der Waals surface area contributed by atoms with E-state index in [9.17, 15) is 22.0 Å². The summed E-state index contributed by atoms with van der Waals surface area (Å²) < 4.78 is 53.7. The lowest BCUT2D eigenvalue weighted by Crippen LogP contribution is -2.41. The molecule has 3 aromatic rings. The van der Waals surface area contributed by atoms with Crippen LogP contribution in [-0.2, 0) is 21.2 Å². The summed E-state index contributed by atoms with van der Waals surface area (Å²) >= 11 is 0. The van der Waals surface area contributed by atoms with Crippen molar-refractivity contribution in [2.45, 2.75) is 24.7 Å². The molecule has 168 valence electrons. The average molecular weight is 459 g/mol. The molecule has 1 amide bonds. The number of hydrogen-bond acceptors (Lipinski definition) is 3. The number of carbonyl (C=O) groups excluding carboxylic acids is 1. The minimum atomic E-state index is -4.09. The first-order chi connectivity index (χ1) is 15.3. The van der Waals surface area contributed by atoms with E-state index in [1.165, 1.54) is 24.3 Å². The van der Waals surface area contributed by atoms with Gasteiger partial charge in [0, 0.05) is 6.54 Å². The van der Waals surface area contributed by atoms with Crippen LogP contribution in [0.25, 0.3) is 0 Å². The fraction of sp³-hybridized carbons (Fsp3) is 0.208. The van der Waals surface area contributed by atoms with Gasteiger partial charge in [0.15, 0.2) is 0 Å². The molecule has 0 aromatic heterocycles. The molecule has 3 aromatic carbocycles. The van der Waals surface area contributed by atoms with Crippen LogP contribution in [0.3, 0.4) is 0 Å². The SMILES string of the molecule is Cc1ccc(N(CC(=O)NCCCc2ccc(F)cc2)S(=O)(=O)c2ccc(F)cc2)cc1.